The molecule has 0 aliphatic heterocycles. The maximum Gasteiger partial charge on any atom is 0.287 e. The Morgan fingerprint density at radius 1 is 1.29 bits per heavy atom. The van der Waals surface area contributed by atoms with Crippen molar-refractivity contribution < 1.29 is 14.0 Å². The van der Waals surface area contributed by atoms with Gasteiger partial charge in [-0.25, -0.2) is 0 Å². The number of carbonyl (C=O) groups excluding carboxylic acids is 2. The van der Waals surface area contributed by atoms with Gasteiger partial charge in [0.2, 0.25) is 5.91 Å². The van der Waals surface area contributed by atoms with Crippen LogP contribution in [0, 0.1) is 5.92 Å². The molecule has 0 aromatic carbocycles. The monoisotopic (exact) mass is 258 g/mol. The van der Waals surface area contributed by atoms with E-state index < -0.39 is 0 Å². The third-order valence-corrected chi connectivity index (χ3v) is 2.23. The molecule has 0 aliphatic rings. The van der Waals surface area contributed by atoms with Crippen LogP contribution in [0.4, 0.5) is 0 Å². The van der Waals surface area contributed by atoms with E-state index >= 15 is 0 Å². The Hall–Kier alpha value is -1.49. The highest BCUT2D eigenvalue weighted by molar-refractivity contribution is 6.29. The van der Waals surface area contributed by atoms with Gasteiger partial charge in [-0.15, -0.1) is 0 Å². The third-order valence-electron chi connectivity index (χ3n) is 2.03. The average molecular weight is 259 g/mol. The highest BCUT2D eigenvalue weighted by atomic mass is 35.5. The van der Waals surface area contributed by atoms with Gasteiger partial charge in [-0.3, -0.25) is 9.59 Å². The molecule has 1 rings (SSSR count). The Labute approximate surface area is 105 Å². The number of hydrogen-bond acceptors (Lipinski definition) is 3. The minimum atomic E-state index is -0.351. The molecule has 94 valence electrons. The molecular formula is C11H15ClN2O3. The summed E-state index contributed by atoms with van der Waals surface area (Å²) < 4.78 is 4.93. The van der Waals surface area contributed by atoms with E-state index in [4.69, 9.17) is 16.0 Å². The molecule has 2 amide bonds. The van der Waals surface area contributed by atoms with E-state index in [2.05, 4.69) is 10.6 Å². The second-order valence-corrected chi connectivity index (χ2v) is 4.18. The number of hydrogen-bond donors (Lipinski definition) is 2. The first-order valence-electron chi connectivity index (χ1n) is 5.32. The fraction of sp³-hybridized carbons (Fsp3) is 0.455. The molecule has 1 aromatic rings. The summed E-state index contributed by atoms with van der Waals surface area (Å²) in [5.74, 6) is -0.296. The standard InChI is InChI=1S/C11H15ClN2O3/c1-7(2)10(15)13-5-6-14-11(16)8-3-4-9(12)17-8/h3-4,7H,5-6H2,1-2H3,(H,13,15)(H,14,16). The van der Waals surface area contributed by atoms with Gasteiger partial charge >= 0.3 is 0 Å². The first kappa shape index (κ1) is 13.6. The van der Waals surface area contributed by atoms with Crippen LogP contribution in [0.5, 0.6) is 0 Å². The quantitative estimate of drug-likeness (QED) is 0.785. The van der Waals surface area contributed by atoms with Crippen LogP contribution in [0.1, 0.15) is 24.4 Å². The molecule has 2 N–H and O–H groups in total. The molecule has 0 fully saturated rings. The van der Waals surface area contributed by atoms with Gasteiger partial charge in [-0.05, 0) is 23.7 Å². The van der Waals surface area contributed by atoms with Crippen molar-refractivity contribution in [3.05, 3.63) is 23.1 Å². The first-order valence-corrected chi connectivity index (χ1v) is 5.69. The van der Waals surface area contributed by atoms with Gasteiger partial charge in [0.25, 0.3) is 5.91 Å². The summed E-state index contributed by atoms with van der Waals surface area (Å²) in [7, 11) is 0. The van der Waals surface area contributed by atoms with Crippen LogP contribution in [-0.4, -0.2) is 24.9 Å². The number of furan rings is 1. The van der Waals surface area contributed by atoms with Crippen molar-refractivity contribution >= 4 is 23.4 Å². The molecule has 0 bridgehead atoms. The van der Waals surface area contributed by atoms with Crippen LogP contribution < -0.4 is 10.6 Å². The maximum absolute atomic E-state index is 11.5. The summed E-state index contributed by atoms with van der Waals surface area (Å²) in [6.45, 7) is 4.34. The van der Waals surface area contributed by atoms with Crippen LogP contribution in [-0.2, 0) is 4.79 Å². The lowest BCUT2D eigenvalue weighted by Crippen LogP contribution is -2.36. The highest BCUT2D eigenvalue weighted by Crippen LogP contribution is 2.12. The molecule has 0 atom stereocenters. The Bertz CT molecular complexity index is 401. The number of nitrogens with one attached hydrogen (secondary N) is 2. The van der Waals surface area contributed by atoms with Crippen molar-refractivity contribution in [2.75, 3.05) is 13.1 Å². The van der Waals surface area contributed by atoms with E-state index in [1.165, 1.54) is 12.1 Å². The van der Waals surface area contributed by atoms with E-state index in [1.807, 2.05) is 0 Å². The lowest BCUT2D eigenvalue weighted by atomic mass is 10.2. The minimum Gasteiger partial charge on any atom is -0.440 e. The lowest BCUT2D eigenvalue weighted by molar-refractivity contribution is -0.123. The maximum atomic E-state index is 11.5. The molecule has 0 radical (unpaired) electrons. The first-order chi connectivity index (χ1) is 8.00. The summed E-state index contributed by atoms with van der Waals surface area (Å²) in [5, 5.41) is 5.45. The van der Waals surface area contributed by atoms with E-state index in [9.17, 15) is 9.59 Å². The molecule has 0 spiro atoms. The minimum absolute atomic E-state index is 0.0414. The van der Waals surface area contributed by atoms with Gasteiger partial charge in [-0.1, -0.05) is 13.8 Å². The lowest BCUT2D eigenvalue weighted by Gasteiger charge is -2.07. The molecule has 0 saturated heterocycles. The fourth-order valence-electron chi connectivity index (χ4n) is 1.09. The van der Waals surface area contributed by atoms with Gasteiger partial charge in [0.05, 0.1) is 0 Å². The van der Waals surface area contributed by atoms with Crippen LogP contribution in [0.25, 0.3) is 0 Å². The Morgan fingerprint density at radius 3 is 2.47 bits per heavy atom. The van der Waals surface area contributed by atoms with Crippen LogP contribution in [0.2, 0.25) is 5.22 Å². The van der Waals surface area contributed by atoms with E-state index in [0.29, 0.717) is 13.1 Å². The van der Waals surface area contributed by atoms with E-state index in [-0.39, 0.29) is 28.7 Å². The SMILES string of the molecule is CC(C)C(=O)NCCNC(=O)c1ccc(Cl)o1. The number of halogens is 1. The zero-order chi connectivity index (χ0) is 12.8. The molecule has 0 aliphatic carbocycles. The van der Waals surface area contributed by atoms with Crippen LogP contribution in [0.3, 0.4) is 0 Å². The Kier molecular flexibility index (Phi) is 5.03. The van der Waals surface area contributed by atoms with Gasteiger partial charge in [0.1, 0.15) is 0 Å². The number of amides is 2. The van der Waals surface area contributed by atoms with Gasteiger partial charge in [0, 0.05) is 19.0 Å². The second kappa shape index (κ2) is 6.30. The molecular weight excluding hydrogens is 244 g/mol. The molecule has 1 aromatic heterocycles. The largest absolute Gasteiger partial charge is 0.440 e. The van der Waals surface area contributed by atoms with Gasteiger partial charge in [-0.2, -0.15) is 0 Å². The third kappa shape index (κ3) is 4.48. The van der Waals surface area contributed by atoms with Crippen molar-refractivity contribution in [1.82, 2.24) is 10.6 Å². The smallest absolute Gasteiger partial charge is 0.287 e. The van der Waals surface area contributed by atoms with Crippen molar-refractivity contribution in [3.8, 4) is 0 Å². The zero-order valence-corrected chi connectivity index (χ0v) is 10.5. The molecule has 17 heavy (non-hydrogen) atoms. The number of carbonyl (C=O) groups is 2. The van der Waals surface area contributed by atoms with Gasteiger partial charge < -0.3 is 15.1 Å². The molecule has 0 saturated carbocycles. The predicted molar refractivity (Wildman–Crippen MR) is 63.9 cm³/mol. The number of rotatable bonds is 5. The van der Waals surface area contributed by atoms with Crippen molar-refractivity contribution in [2.24, 2.45) is 5.92 Å². The molecule has 1 heterocycles. The normalized spacial score (nSPS) is 10.4. The zero-order valence-electron chi connectivity index (χ0n) is 9.75. The topological polar surface area (TPSA) is 71.3 Å². The summed E-state index contributed by atoms with van der Waals surface area (Å²) in [6.07, 6.45) is 0. The summed E-state index contributed by atoms with van der Waals surface area (Å²) in [6, 6.07) is 2.99. The van der Waals surface area contributed by atoms with Crippen LogP contribution in [0.15, 0.2) is 16.5 Å². The van der Waals surface area contributed by atoms with Crippen molar-refractivity contribution in [2.45, 2.75) is 13.8 Å². The fourth-order valence-corrected chi connectivity index (χ4v) is 1.24. The molecule has 0 unspecified atom stereocenters. The Balaban J connectivity index is 2.23. The van der Waals surface area contributed by atoms with E-state index in [0.717, 1.165) is 0 Å². The van der Waals surface area contributed by atoms with Crippen LogP contribution >= 0.6 is 11.6 Å². The highest BCUT2D eigenvalue weighted by Gasteiger charge is 2.10. The summed E-state index contributed by atoms with van der Waals surface area (Å²) in [4.78, 5) is 22.7. The summed E-state index contributed by atoms with van der Waals surface area (Å²) in [5.41, 5.74) is 0. The summed E-state index contributed by atoms with van der Waals surface area (Å²) >= 11 is 5.54. The Morgan fingerprint density at radius 2 is 1.94 bits per heavy atom. The average Bonchev–Trinajstić information content (AvgIpc) is 2.70. The van der Waals surface area contributed by atoms with E-state index in [1.54, 1.807) is 13.8 Å². The molecule has 6 heteroatoms. The molecule has 5 nitrogen and oxygen atoms in total. The predicted octanol–water partition coefficient (Wildman–Crippen LogP) is 1.43. The van der Waals surface area contributed by atoms with Crippen molar-refractivity contribution in [1.29, 1.82) is 0 Å². The second-order valence-electron chi connectivity index (χ2n) is 3.81. The van der Waals surface area contributed by atoms with Gasteiger partial charge in [0.15, 0.2) is 11.0 Å². The van der Waals surface area contributed by atoms with Crippen molar-refractivity contribution in [3.63, 3.8) is 0 Å².